The Morgan fingerprint density at radius 1 is 1.00 bits per heavy atom. The molecule has 0 radical (unpaired) electrons. The number of hydrogen-bond acceptors (Lipinski definition) is 3. The van der Waals surface area contributed by atoms with Crippen molar-refractivity contribution in [2.24, 2.45) is 0 Å². The molecule has 3 aromatic rings. The van der Waals surface area contributed by atoms with Gasteiger partial charge in [-0.2, -0.15) is 0 Å². The molecule has 2 N–H and O–H groups in total. The van der Waals surface area contributed by atoms with Gasteiger partial charge in [-0.25, -0.2) is 4.79 Å². The van der Waals surface area contributed by atoms with Crippen molar-refractivity contribution in [1.29, 1.82) is 0 Å². The maximum absolute atomic E-state index is 12.2. The predicted molar refractivity (Wildman–Crippen MR) is 102 cm³/mol. The maximum Gasteiger partial charge on any atom is 0.411 e. The molecule has 4 heteroatoms. The van der Waals surface area contributed by atoms with Crippen LogP contribution in [0.3, 0.4) is 0 Å². The van der Waals surface area contributed by atoms with Gasteiger partial charge in [0.05, 0.1) is 0 Å². The van der Waals surface area contributed by atoms with E-state index < -0.39 is 6.09 Å². The first-order chi connectivity index (χ1) is 12.6. The quantitative estimate of drug-likeness (QED) is 0.652. The summed E-state index contributed by atoms with van der Waals surface area (Å²) in [6.07, 6.45) is -0.503. The summed E-state index contributed by atoms with van der Waals surface area (Å²) >= 11 is 0. The van der Waals surface area contributed by atoms with Crippen LogP contribution in [-0.2, 0) is 4.74 Å². The number of carbonyl (C=O) groups excluding carboxylic acids is 1. The van der Waals surface area contributed by atoms with Crippen LogP contribution in [0.2, 0.25) is 0 Å². The number of aryl methyl sites for hydroxylation is 1. The third-order valence-corrected chi connectivity index (χ3v) is 4.79. The van der Waals surface area contributed by atoms with E-state index in [1.165, 1.54) is 22.3 Å². The molecule has 0 saturated carbocycles. The topological polar surface area (TPSA) is 58.6 Å². The van der Waals surface area contributed by atoms with Gasteiger partial charge in [-0.15, -0.1) is 0 Å². The fraction of sp³-hybridized carbons (Fsp3) is 0.136. The molecule has 0 fully saturated rings. The van der Waals surface area contributed by atoms with Crippen molar-refractivity contribution < 1.29 is 14.6 Å². The van der Waals surface area contributed by atoms with Crippen molar-refractivity contribution in [2.45, 2.75) is 12.8 Å². The van der Waals surface area contributed by atoms with E-state index in [1.54, 1.807) is 25.1 Å². The Bertz CT molecular complexity index is 935. The summed E-state index contributed by atoms with van der Waals surface area (Å²) < 4.78 is 5.50. The zero-order valence-corrected chi connectivity index (χ0v) is 14.4. The first-order valence-electron chi connectivity index (χ1n) is 8.55. The number of benzene rings is 3. The lowest BCUT2D eigenvalue weighted by atomic mass is 9.98. The van der Waals surface area contributed by atoms with E-state index in [0.29, 0.717) is 11.3 Å². The molecule has 1 aliphatic rings. The Morgan fingerprint density at radius 2 is 1.62 bits per heavy atom. The number of anilines is 1. The fourth-order valence-corrected chi connectivity index (χ4v) is 3.49. The van der Waals surface area contributed by atoms with Crippen LogP contribution in [0.25, 0.3) is 11.1 Å². The van der Waals surface area contributed by atoms with Gasteiger partial charge in [-0.05, 0) is 52.9 Å². The number of aromatic hydroxyl groups is 1. The number of nitrogens with one attached hydrogen (secondary N) is 1. The van der Waals surface area contributed by atoms with Crippen LogP contribution in [0.5, 0.6) is 5.75 Å². The molecule has 0 spiro atoms. The molecular weight excluding hydrogens is 326 g/mol. The van der Waals surface area contributed by atoms with Gasteiger partial charge < -0.3 is 9.84 Å². The van der Waals surface area contributed by atoms with Crippen LogP contribution in [-0.4, -0.2) is 17.8 Å². The summed E-state index contributed by atoms with van der Waals surface area (Å²) in [6.45, 7) is 2.05. The van der Waals surface area contributed by atoms with E-state index >= 15 is 0 Å². The minimum atomic E-state index is -0.503. The Labute approximate surface area is 152 Å². The molecule has 26 heavy (non-hydrogen) atoms. The highest BCUT2D eigenvalue weighted by molar-refractivity contribution is 5.85. The van der Waals surface area contributed by atoms with Gasteiger partial charge in [-0.3, -0.25) is 5.32 Å². The number of fused-ring (bicyclic) bond motifs is 3. The molecule has 0 saturated heterocycles. The largest absolute Gasteiger partial charge is 0.508 e. The van der Waals surface area contributed by atoms with Crippen LogP contribution in [0.15, 0.2) is 66.7 Å². The Morgan fingerprint density at radius 3 is 2.23 bits per heavy atom. The molecule has 4 nitrogen and oxygen atoms in total. The molecule has 4 rings (SSSR count). The van der Waals surface area contributed by atoms with Gasteiger partial charge in [0.2, 0.25) is 0 Å². The van der Waals surface area contributed by atoms with Gasteiger partial charge in [0, 0.05) is 11.6 Å². The van der Waals surface area contributed by atoms with Gasteiger partial charge in [0.25, 0.3) is 0 Å². The minimum absolute atomic E-state index is 0.0368. The predicted octanol–water partition coefficient (Wildman–Crippen LogP) is 5.06. The van der Waals surface area contributed by atoms with Crippen molar-refractivity contribution in [2.75, 3.05) is 11.9 Å². The molecule has 130 valence electrons. The van der Waals surface area contributed by atoms with Crippen LogP contribution in [0.1, 0.15) is 22.6 Å². The van der Waals surface area contributed by atoms with E-state index in [2.05, 4.69) is 29.6 Å². The average molecular weight is 345 g/mol. The summed E-state index contributed by atoms with van der Waals surface area (Å²) in [5.74, 6) is 0.234. The second-order valence-electron chi connectivity index (χ2n) is 6.45. The number of amides is 1. The van der Waals surface area contributed by atoms with Gasteiger partial charge in [0.1, 0.15) is 12.4 Å². The lowest BCUT2D eigenvalue weighted by Crippen LogP contribution is -2.17. The number of ether oxygens (including phenoxy) is 1. The minimum Gasteiger partial charge on any atom is -0.508 e. The molecule has 0 aromatic heterocycles. The summed E-state index contributed by atoms with van der Waals surface area (Å²) in [6, 6.07) is 21.4. The second kappa shape index (κ2) is 6.56. The lowest BCUT2D eigenvalue weighted by Gasteiger charge is -2.14. The molecule has 1 amide bonds. The lowest BCUT2D eigenvalue weighted by molar-refractivity contribution is 0.158. The normalized spacial score (nSPS) is 12.3. The van der Waals surface area contributed by atoms with Crippen LogP contribution in [0.4, 0.5) is 10.5 Å². The zero-order valence-electron chi connectivity index (χ0n) is 14.4. The Balaban J connectivity index is 1.49. The second-order valence-corrected chi connectivity index (χ2v) is 6.45. The van der Waals surface area contributed by atoms with Crippen LogP contribution in [0, 0.1) is 6.92 Å². The van der Waals surface area contributed by atoms with E-state index in [4.69, 9.17) is 4.74 Å². The van der Waals surface area contributed by atoms with Crippen LogP contribution >= 0.6 is 0 Å². The number of hydrogen-bond donors (Lipinski definition) is 2. The molecule has 0 atom stereocenters. The van der Waals surface area contributed by atoms with Crippen molar-refractivity contribution in [1.82, 2.24) is 0 Å². The highest BCUT2D eigenvalue weighted by Gasteiger charge is 2.28. The van der Waals surface area contributed by atoms with Gasteiger partial charge in [-0.1, -0.05) is 48.5 Å². The SMILES string of the molecule is Cc1cc(NC(=O)OCC2c3ccccc3-c3ccccc32)ccc1O. The number of phenols is 1. The molecule has 0 aliphatic heterocycles. The van der Waals surface area contributed by atoms with Crippen molar-refractivity contribution in [3.8, 4) is 16.9 Å². The highest BCUT2D eigenvalue weighted by atomic mass is 16.5. The molecule has 0 bridgehead atoms. The highest BCUT2D eigenvalue weighted by Crippen LogP contribution is 2.44. The van der Waals surface area contributed by atoms with Crippen molar-refractivity contribution >= 4 is 11.8 Å². The smallest absolute Gasteiger partial charge is 0.411 e. The summed E-state index contributed by atoms with van der Waals surface area (Å²) in [5.41, 5.74) is 6.06. The summed E-state index contributed by atoms with van der Waals surface area (Å²) in [7, 11) is 0. The van der Waals surface area contributed by atoms with Gasteiger partial charge >= 0.3 is 6.09 Å². The maximum atomic E-state index is 12.2. The van der Waals surface area contributed by atoms with Crippen molar-refractivity contribution in [3.63, 3.8) is 0 Å². The van der Waals surface area contributed by atoms with E-state index in [9.17, 15) is 9.90 Å². The molecular formula is C22H19NO3. The first-order valence-corrected chi connectivity index (χ1v) is 8.55. The third kappa shape index (κ3) is 2.90. The Kier molecular flexibility index (Phi) is 4.09. The number of carbonyl (C=O) groups is 1. The summed E-state index contributed by atoms with van der Waals surface area (Å²) in [4.78, 5) is 12.2. The number of phenolic OH excluding ortho intramolecular Hbond substituents is 1. The first kappa shape index (κ1) is 16.2. The average Bonchev–Trinajstić information content (AvgIpc) is 2.97. The zero-order chi connectivity index (χ0) is 18.1. The molecule has 0 heterocycles. The number of rotatable bonds is 3. The molecule has 3 aromatic carbocycles. The van der Waals surface area contributed by atoms with E-state index in [1.807, 2.05) is 24.3 Å². The van der Waals surface area contributed by atoms with E-state index in [0.717, 1.165) is 0 Å². The third-order valence-electron chi connectivity index (χ3n) is 4.79. The standard InChI is InChI=1S/C22H19NO3/c1-14-12-15(10-11-21(14)24)23-22(25)26-13-20-18-8-4-2-6-16(18)17-7-3-5-9-19(17)20/h2-12,20,24H,13H2,1H3,(H,23,25). The van der Waals surface area contributed by atoms with E-state index in [-0.39, 0.29) is 18.3 Å². The van der Waals surface area contributed by atoms with Crippen molar-refractivity contribution in [3.05, 3.63) is 83.4 Å². The molecule has 0 unspecified atom stereocenters. The monoisotopic (exact) mass is 345 g/mol. The molecule has 1 aliphatic carbocycles. The van der Waals surface area contributed by atoms with Gasteiger partial charge in [0.15, 0.2) is 0 Å². The summed E-state index contributed by atoms with van der Waals surface area (Å²) in [5, 5.41) is 12.3. The fourth-order valence-electron chi connectivity index (χ4n) is 3.49. The van der Waals surface area contributed by atoms with Crippen LogP contribution < -0.4 is 5.32 Å². The Hall–Kier alpha value is -3.27.